The molecule has 0 amide bonds. The smallest absolute Gasteiger partial charge is 0.0734 e. The van der Waals surface area contributed by atoms with Crippen LogP contribution in [-0.2, 0) is 11.4 Å². The first-order chi connectivity index (χ1) is 6.59. The summed E-state index contributed by atoms with van der Waals surface area (Å²) in [6.45, 7) is 4.49. The van der Waals surface area contributed by atoms with Crippen molar-refractivity contribution in [2.45, 2.75) is 26.5 Å². The van der Waals surface area contributed by atoms with Crippen LogP contribution in [0, 0.1) is 0 Å². The topological polar surface area (TPSA) is 21.3 Å². The van der Waals surface area contributed by atoms with Crippen LogP contribution in [0.3, 0.4) is 0 Å². The molecule has 1 rings (SSSR count). The molecule has 78 valence electrons. The summed E-state index contributed by atoms with van der Waals surface area (Å²) in [6.07, 6.45) is 0.154. The standard InChI is InChI=1S/C10H13Cl2NO/c1-7(2)14-13-6-8-3-4-9(11)5-10(8)12/h3-5,7,13H,6H2,1-2H3. The zero-order chi connectivity index (χ0) is 10.6. The number of benzene rings is 1. The lowest BCUT2D eigenvalue weighted by Crippen LogP contribution is -2.19. The maximum atomic E-state index is 5.96. The Morgan fingerprint density at radius 1 is 1.36 bits per heavy atom. The fraction of sp³-hybridized carbons (Fsp3) is 0.400. The van der Waals surface area contributed by atoms with Gasteiger partial charge in [0.25, 0.3) is 0 Å². The Morgan fingerprint density at radius 2 is 2.07 bits per heavy atom. The fourth-order valence-corrected chi connectivity index (χ4v) is 1.43. The predicted molar refractivity (Wildman–Crippen MR) is 59.5 cm³/mol. The highest BCUT2D eigenvalue weighted by molar-refractivity contribution is 6.35. The first-order valence-corrected chi connectivity index (χ1v) is 5.17. The first-order valence-electron chi connectivity index (χ1n) is 4.42. The van der Waals surface area contributed by atoms with Gasteiger partial charge in [-0.05, 0) is 31.5 Å². The number of halogens is 2. The van der Waals surface area contributed by atoms with Gasteiger partial charge in [0, 0.05) is 16.6 Å². The van der Waals surface area contributed by atoms with E-state index in [2.05, 4.69) is 5.48 Å². The normalized spacial score (nSPS) is 10.9. The van der Waals surface area contributed by atoms with Crippen LogP contribution < -0.4 is 5.48 Å². The van der Waals surface area contributed by atoms with Gasteiger partial charge in [-0.1, -0.05) is 29.3 Å². The van der Waals surface area contributed by atoms with Crippen LogP contribution in [0.1, 0.15) is 19.4 Å². The van der Waals surface area contributed by atoms with Crippen molar-refractivity contribution in [3.8, 4) is 0 Å². The molecule has 0 aliphatic rings. The second-order valence-corrected chi connectivity index (χ2v) is 4.07. The number of rotatable bonds is 4. The highest BCUT2D eigenvalue weighted by Crippen LogP contribution is 2.20. The third-order valence-corrected chi connectivity index (χ3v) is 2.18. The molecule has 4 heteroatoms. The summed E-state index contributed by atoms with van der Waals surface area (Å²) in [6, 6.07) is 5.40. The fourth-order valence-electron chi connectivity index (χ4n) is 0.951. The molecule has 0 bridgehead atoms. The minimum absolute atomic E-state index is 0.154. The van der Waals surface area contributed by atoms with E-state index in [1.54, 1.807) is 12.1 Å². The Labute approximate surface area is 94.1 Å². The molecular weight excluding hydrogens is 221 g/mol. The highest BCUT2D eigenvalue weighted by atomic mass is 35.5. The van der Waals surface area contributed by atoms with Gasteiger partial charge in [0.1, 0.15) is 0 Å². The molecule has 0 unspecified atom stereocenters. The van der Waals surface area contributed by atoms with Crippen LogP contribution in [0.25, 0.3) is 0 Å². The maximum absolute atomic E-state index is 5.96. The van der Waals surface area contributed by atoms with Gasteiger partial charge in [-0.3, -0.25) is 4.84 Å². The van der Waals surface area contributed by atoms with E-state index in [1.165, 1.54) is 0 Å². The minimum Gasteiger partial charge on any atom is -0.299 e. The van der Waals surface area contributed by atoms with Crippen LogP contribution in [0.2, 0.25) is 10.0 Å². The van der Waals surface area contributed by atoms with E-state index in [-0.39, 0.29) is 6.10 Å². The lowest BCUT2D eigenvalue weighted by Gasteiger charge is -2.09. The molecule has 0 fully saturated rings. The summed E-state index contributed by atoms with van der Waals surface area (Å²) in [5.41, 5.74) is 3.80. The molecule has 0 radical (unpaired) electrons. The Morgan fingerprint density at radius 3 is 2.64 bits per heavy atom. The van der Waals surface area contributed by atoms with E-state index >= 15 is 0 Å². The van der Waals surface area contributed by atoms with Crippen LogP contribution in [-0.4, -0.2) is 6.10 Å². The van der Waals surface area contributed by atoms with Gasteiger partial charge < -0.3 is 0 Å². The average molecular weight is 234 g/mol. The van der Waals surface area contributed by atoms with Crippen molar-refractivity contribution < 1.29 is 4.84 Å². The van der Waals surface area contributed by atoms with Crippen molar-refractivity contribution in [1.29, 1.82) is 0 Å². The summed E-state index contributed by atoms with van der Waals surface area (Å²) in [4.78, 5) is 5.19. The highest BCUT2D eigenvalue weighted by Gasteiger charge is 2.01. The van der Waals surface area contributed by atoms with E-state index in [0.29, 0.717) is 16.6 Å². The maximum Gasteiger partial charge on any atom is 0.0734 e. The number of hydrogen-bond acceptors (Lipinski definition) is 2. The molecule has 1 aromatic carbocycles. The largest absolute Gasteiger partial charge is 0.299 e. The summed E-state index contributed by atoms with van der Waals surface area (Å²) in [5.74, 6) is 0. The van der Waals surface area contributed by atoms with E-state index in [9.17, 15) is 0 Å². The summed E-state index contributed by atoms with van der Waals surface area (Å²) in [5, 5.41) is 1.29. The molecule has 0 atom stereocenters. The van der Waals surface area contributed by atoms with E-state index in [0.717, 1.165) is 5.56 Å². The molecule has 14 heavy (non-hydrogen) atoms. The zero-order valence-corrected chi connectivity index (χ0v) is 9.69. The first kappa shape index (κ1) is 11.8. The van der Waals surface area contributed by atoms with Gasteiger partial charge in [-0.15, -0.1) is 0 Å². The van der Waals surface area contributed by atoms with Gasteiger partial charge >= 0.3 is 0 Å². The van der Waals surface area contributed by atoms with Crippen LogP contribution in [0.15, 0.2) is 18.2 Å². The second-order valence-electron chi connectivity index (χ2n) is 3.22. The van der Waals surface area contributed by atoms with Crippen molar-refractivity contribution in [2.24, 2.45) is 0 Å². The molecule has 1 aromatic rings. The second kappa shape index (κ2) is 5.56. The Bertz CT molecular complexity index is 302. The van der Waals surface area contributed by atoms with Gasteiger partial charge in [0.05, 0.1) is 6.10 Å². The molecule has 0 saturated heterocycles. The zero-order valence-electron chi connectivity index (χ0n) is 8.18. The lowest BCUT2D eigenvalue weighted by atomic mass is 10.2. The van der Waals surface area contributed by atoms with Crippen molar-refractivity contribution in [3.63, 3.8) is 0 Å². The quantitative estimate of drug-likeness (QED) is 0.806. The molecule has 0 aromatic heterocycles. The van der Waals surface area contributed by atoms with E-state index in [4.69, 9.17) is 28.0 Å². The average Bonchev–Trinajstić information content (AvgIpc) is 2.08. The van der Waals surface area contributed by atoms with Crippen LogP contribution >= 0.6 is 23.2 Å². The summed E-state index contributed by atoms with van der Waals surface area (Å²) < 4.78 is 0. The van der Waals surface area contributed by atoms with Gasteiger partial charge in [-0.2, -0.15) is 5.48 Å². The molecule has 0 heterocycles. The molecule has 0 aliphatic heterocycles. The SMILES string of the molecule is CC(C)ONCc1ccc(Cl)cc1Cl. The molecule has 2 nitrogen and oxygen atoms in total. The van der Waals surface area contributed by atoms with Crippen molar-refractivity contribution in [1.82, 2.24) is 5.48 Å². The van der Waals surface area contributed by atoms with Crippen molar-refractivity contribution in [2.75, 3.05) is 0 Å². The van der Waals surface area contributed by atoms with Crippen LogP contribution in [0.4, 0.5) is 0 Å². The number of hydrogen-bond donors (Lipinski definition) is 1. The summed E-state index contributed by atoms with van der Waals surface area (Å²) in [7, 11) is 0. The number of nitrogens with one attached hydrogen (secondary N) is 1. The Balaban J connectivity index is 2.51. The van der Waals surface area contributed by atoms with Gasteiger partial charge in [-0.25, -0.2) is 0 Å². The van der Waals surface area contributed by atoms with Crippen molar-refractivity contribution >= 4 is 23.2 Å². The monoisotopic (exact) mass is 233 g/mol. The molecular formula is C10H13Cl2NO. The Hall–Kier alpha value is -0.280. The third kappa shape index (κ3) is 3.84. The Kier molecular flexibility index (Phi) is 4.69. The minimum atomic E-state index is 0.154. The lowest BCUT2D eigenvalue weighted by molar-refractivity contribution is -0.00882. The van der Waals surface area contributed by atoms with Crippen molar-refractivity contribution in [3.05, 3.63) is 33.8 Å². The van der Waals surface area contributed by atoms with Gasteiger partial charge in [0.2, 0.25) is 0 Å². The third-order valence-electron chi connectivity index (χ3n) is 1.60. The summed E-state index contributed by atoms with van der Waals surface area (Å²) >= 11 is 11.7. The molecule has 0 aliphatic carbocycles. The molecule has 0 spiro atoms. The van der Waals surface area contributed by atoms with Gasteiger partial charge in [0.15, 0.2) is 0 Å². The number of hydroxylamine groups is 1. The van der Waals surface area contributed by atoms with Crippen LogP contribution in [0.5, 0.6) is 0 Å². The van der Waals surface area contributed by atoms with E-state index < -0.39 is 0 Å². The molecule has 0 saturated carbocycles. The van der Waals surface area contributed by atoms with E-state index in [1.807, 2.05) is 19.9 Å². The molecule has 1 N–H and O–H groups in total. The predicted octanol–water partition coefficient (Wildman–Crippen LogP) is 3.42.